The van der Waals surface area contributed by atoms with Crippen molar-refractivity contribution in [1.29, 1.82) is 0 Å². The minimum atomic E-state index is -0.634. The van der Waals surface area contributed by atoms with Crippen LogP contribution in [-0.2, 0) is 6.54 Å². The smallest absolute Gasteiger partial charge is 0.149 e. The zero-order valence-electron chi connectivity index (χ0n) is 8.95. The number of benzene rings is 2. The molecule has 0 unspecified atom stereocenters. The molecular formula is C13H11F2NO. The van der Waals surface area contributed by atoms with E-state index in [9.17, 15) is 13.9 Å². The van der Waals surface area contributed by atoms with Gasteiger partial charge in [-0.15, -0.1) is 0 Å². The lowest BCUT2D eigenvalue weighted by Gasteiger charge is -2.08. The molecule has 4 heteroatoms. The van der Waals surface area contributed by atoms with Crippen molar-refractivity contribution in [2.75, 3.05) is 5.32 Å². The first kappa shape index (κ1) is 11.4. The van der Waals surface area contributed by atoms with Gasteiger partial charge in [-0.05, 0) is 29.8 Å². The number of anilines is 1. The molecule has 2 N–H and O–H groups in total. The van der Waals surface area contributed by atoms with Crippen molar-refractivity contribution < 1.29 is 13.9 Å². The summed E-state index contributed by atoms with van der Waals surface area (Å²) in [4.78, 5) is 0. The van der Waals surface area contributed by atoms with Crippen LogP contribution in [0.1, 0.15) is 5.56 Å². The van der Waals surface area contributed by atoms with Crippen molar-refractivity contribution in [2.24, 2.45) is 0 Å². The van der Waals surface area contributed by atoms with E-state index in [1.165, 1.54) is 30.3 Å². The summed E-state index contributed by atoms with van der Waals surface area (Å²) in [5.41, 5.74) is 0.587. The summed E-state index contributed by atoms with van der Waals surface area (Å²) in [7, 11) is 0. The average molecular weight is 235 g/mol. The van der Waals surface area contributed by atoms with Gasteiger partial charge < -0.3 is 10.4 Å². The van der Waals surface area contributed by atoms with Crippen LogP contribution in [-0.4, -0.2) is 5.11 Å². The van der Waals surface area contributed by atoms with Gasteiger partial charge in [-0.25, -0.2) is 8.78 Å². The third kappa shape index (κ3) is 2.72. The molecule has 0 saturated heterocycles. The summed E-state index contributed by atoms with van der Waals surface area (Å²) in [6.07, 6.45) is 0. The summed E-state index contributed by atoms with van der Waals surface area (Å²) in [5.74, 6) is -1.14. The van der Waals surface area contributed by atoms with Gasteiger partial charge in [0, 0.05) is 6.54 Å². The molecule has 0 bridgehead atoms. The molecule has 0 aliphatic heterocycles. The Balaban J connectivity index is 2.13. The van der Waals surface area contributed by atoms with Crippen LogP contribution in [0.2, 0.25) is 0 Å². The Hall–Kier alpha value is -2.10. The molecule has 2 aromatic carbocycles. The number of nitrogens with one attached hydrogen (secondary N) is 1. The van der Waals surface area contributed by atoms with Gasteiger partial charge in [-0.3, -0.25) is 0 Å². The van der Waals surface area contributed by atoms with Gasteiger partial charge in [0.25, 0.3) is 0 Å². The average Bonchev–Trinajstić information content (AvgIpc) is 2.28. The molecule has 17 heavy (non-hydrogen) atoms. The Morgan fingerprint density at radius 1 is 1.00 bits per heavy atom. The number of phenols is 1. The maximum absolute atomic E-state index is 13.3. The largest absolute Gasteiger partial charge is 0.508 e. The first-order chi connectivity index (χ1) is 8.16. The Labute approximate surface area is 97.5 Å². The van der Waals surface area contributed by atoms with Crippen molar-refractivity contribution in [3.05, 3.63) is 59.7 Å². The summed E-state index contributed by atoms with van der Waals surface area (Å²) in [6, 6.07) is 10.2. The van der Waals surface area contributed by atoms with Gasteiger partial charge in [0.1, 0.15) is 23.1 Å². The fraction of sp³-hybridized carbons (Fsp3) is 0.0769. The highest BCUT2D eigenvalue weighted by Gasteiger charge is 2.07. The quantitative estimate of drug-likeness (QED) is 0.855. The van der Waals surface area contributed by atoms with Crippen molar-refractivity contribution >= 4 is 5.69 Å². The molecule has 0 radical (unpaired) electrons. The second-order valence-corrected chi connectivity index (χ2v) is 3.62. The van der Waals surface area contributed by atoms with Crippen LogP contribution in [0.25, 0.3) is 0 Å². The minimum absolute atomic E-state index is 0.123. The highest BCUT2D eigenvalue weighted by atomic mass is 19.1. The molecule has 0 atom stereocenters. The molecule has 0 heterocycles. The number of para-hydroxylation sites is 1. The highest BCUT2D eigenvalue weighted by Crippen LogP contribution is 2.19. The molecule has 0 aromatic heterocycles. The predicted octanol–water partition coefficient (Wildman–Crippen LogP) is 3.28. The second kappa shape index (κ2) is 4.82. The molecule has 0 amide bonds. The molecule has 0 saturated carbocycles. The van der Waals surface area contributed by atoms with Crippen molar-refractivity contribution in [2.45, 2.75) is 6.54 Å². The van der Waals surface area contributed by atoms with Crippen LogP contribution in [0.3, 0.4) is 0 Å². The number of phenolic OH excluding ortho intramolecular Hbond substituents is 1. The topological polar surface area (TPSA) is 32.3 Å². The van der Waals surface area contributed by atoms with E-state index in [4.69, 9.17) is 0 Å². The number of halogens is 2. The number of hydrogen-bond donors (Lipinski definition) is 2. The van der Waals surface area contributed by atoms with E-state index in [1.807, 2.05) is 0 Å². The molecule has 2 aromatic rings. The second-order valence-electron chi connectivity index (χ2n) is 3.62. The molecule has 0 aliphatic rings. The van der Waals surface area contributed by atoms with Crippen molar-refractivity contribution in [3.8, 4) is 5.75 Å². The number of hydrogen-bond acceptors (Lipinski definition) is 2. The highest BCUT2D eigenvalue weighted by molar-refractivity contribution is 5.46. The minimum Gasteiger partial charge on any atom is -0.508 e. The maximum atomic E-state index is 13.3. The Morgan fingerprint density at radius 3 is 2.29 bits per heavy atom. The number of rotatable bonds is 3. The van der Waals surface area contributed by atoms with E-state index in [-0.39, 0.29) is 18.0 Å². The normalized spacial score (nSPS) is 10.2. The molecular weight excluding hydrogens is 224 g/mol. The van der Waals surface area contributed by atoms with E-state index >= 15 is 0 Å². The third-order valence-electron chi connectivity index (χ3n) is 2.34. The van der Waals surface area contributed by atoms with E-state index < -0.39 is 11.6 Å². The van der Waals surface area contributed by atoms with Gasteiger partial charge in [-0.1, -0.05) is 18.2 Å². The van der Waals surface area contributed by atoms with Crippen molar-refractivity contribution in [3.63, 3.8) is 0 Å². The lowest BCUT2D eigenvalue weighted by atomic mass is 10.2. The van der Waals surface area contributed by atoms with E-state index in [0.717, 1.165) is 5.56 Å². The summed E-state index contributed by atoms with van der Waals surface area (Å²) < 4.78 is 26.6. The fourth-order valence-corrected chi connectivity index (χ4v) is 1.52. The first-order valence-corrected chi connectivity index (χ1v) is 5.12. The summed E-state index contributed by atoms with van der Waals surface area (Å²) in [5, 5.41) is 11.9. The Kier molecular flexibility index (Phi) is 3.23. The van der Waals surface area contributed by atoms with Crippen LogP contribution < -0.4 is 5.32 Å². The van der Waals surface area contributed by atoms with E-state index in [2.05, 4.69) is 5.32 Å². The summed E-state index contributed by atoms with van der Waals surface area (Å²) in [6.45, 7) is 0.242. The molecule has 0 spiro atoms. The SMILES string of the molecule is Oc1cccc(CNc2c(F)cccc2F)c1. The lowest BCUT2D eigenvalue weighted by molar-refractivity contribution is 0.474. The van der Waals surface area contributed by atoms with E-state index in [1.54, 1.807) is 12.1 Å². The standard InChI is InChI=1S/C13H11F2NO/c14-11-5-2-6-12(15)13(11)16-8-9-3-1-4-10(17)7-9/h1-7,16-17H,8H2. The monoisotopic (exact) mass is 235 g/mol. The van der Waals surface area contributed by atoms with Crippen LogP contribution in [0.5, 0.6) is 5.75 Å². The van der Waals surface area contributed by atoms with Crippen LogP contribution in [0.15, 0.2) is 42.5 Å². The Morgan fingerprint density at radius 2 is 1.65 bits per heavy atom. The maximum Gasteiger partial charge on any atom is 0.149 e. The van der Waals surface area contributed by atoms with Crippen molar-refractivity contribution in [1.82, 2.24) is 0 Å². The third-order valence-corrected chi connectivity index (χ3v) is 2.34. The van der Waals surface area contributed by atoms with Gasteiger partial charge in [0.2, 0.25) is 0 Å². The Bertz CT molecular complexity index is 508. The summed E-state index contributed by atoms with van der Waals surface area (Å²) >= 11 is 0. The molecule has 2 nitrogen and oxygen atoms in total. The predicted molar refractivity (Wildman–Crippen MR) is 61.8 cm³/mol. The van der Waals surface area contributed by atoms with Crippen LogP contribution in [0.4, 0.5) is 14.5 Å². The van der Waals surface area contributed by atoms with Gasteiger partial charge in [-0.2, -0.15) is 0 Å². The van der Waals surface area contributed by atoms with Gasteiger partial charge >= 0.3 is 0 Å². The molecule has 88 valence electrons. The number of aromatic hydroxyl groups is 1. The molecule has 0 fully saturated rings. The lowest BCUT2D eigenvalue weighted by Crippen LogP contribution is -2.03. The molecule has 2 rings (SSSR count). The first-order valence-electron chi connectivity index (χ1n) is 5.12. The van der Waals surface area contributed by atoms with E-state index in [0.29, 0.717) is 0 Å². The zero-order chi connectivity index (χ0) is 12.3. The molecule has 0 aliphatic carbocycles. The van der Waals surface area contributed by atoms with Gasteiger partial charge in [0.15, 0.2) is 0 Å². The van der Waals surface area contributed by atoms with Crippen LogP contribution in [0, 0.1) is 11.6 Å². The van der Waals surface area contributed by atoms with Crippen LogP contribution >= 0.6 is 0 Å². The van der Waals surface area contributed by atoms with Gasteiger partial charge in [0.05, 0.1) is 0 Å². The zero-order valence-corrected chi connectivity index (χ0v) is 8.95. The fourth-order valence-electron chi connectivity index (χ4n) is 1.52.